The van der Waals surface area contributed by atoms with Gasteiger partial charge in [-0.1, -0.05) is 73.5 Å². The van der Waals surface area contributed by atoms with Crippen LogP contribution in [0.3, 0.4) is 0 Å². The Morgan fingerprint density at radius 3 is 2.59 bits per heavy atom. The lowest BCUT2D eigenvalue weighted by molar-refractivity contribution is -0.152. The quantitative estimate of drug-likeness (QED) is 0.428. The monoisotopic (exact) mass is 530 g/mol. The van der Waals surface area contributed by atoms with E-state index in [1.165, 1.54) is 5.56 Å². The zero-order valence-corrected chi connectivity index (χ0v) is 22.6. The van der Waals surface area contributed by atoms with Crippen molar-refractivity contribution in [1.29, 1.82) is 0 Å². The summed E-state index contributed by atoms with van der Waals surface area (Å²) in [5.74, 6) is -0.520. The van der Waals surface area contributed by atoms with E-state index in [4.69, 9.17) is 4.74 Å². The molecule has 2 heterocycles. The molecule has 1 aliphatic heterocycles. The van der Waals surface area contributed by atoms with Crippen molar-refractivity contribution in [2.45, 2.75) is 63.1 Å². The second-order valence-electron chi connectivity index (χ2n) is 10.6. The van der Waals surface area contributed by atoms with Crippen molar-refractivity contribution in [3.8, 4) is 11.3 Å². The van der Waals surface area contributed by atoms with Crippen LogP contribution < -0.4 is 5.32 Å². The third kappa shape index (κ3) is 5.92. The van der Waals surface area contributed by atoms with Gasteiger partial charge in [-0.15, -0.1) is 0 Å². The molecule has 1 aromatic heterocycles. The summed E-state index contributed by atoms with van der Waals surface area (Å²) in [6.45, 7) is 4.06. The summed E-state index contributed by atoms with van der Waals surface area (Å²) in [4.78, 5) is 33.3. The summed E-state index contributed by atoms with van der Waals surface area (Å²) in [6.07, 6.45) is 5.27. The van der Waals surface area contributed by atoms with Crippen LogP contribution in [-0.2, 0) is 16.0 Å². The van der Waals surface area contributed by atoms with Gasteiger partial charge in [0.15, 0.2) is 5.69 Å². The molecule has 5 rings (SSSR count). The summed E-state index contributed by atoms with van der Waals surface area (Å²) in [7, 11) is 0. The molecule has 0 bridgehead atoms. The minimum atomic E-state index is -1.28. The van der Waals surface area contributed by atoms with E-state index < -0.39 is 17.6 Å². The fourth-order valence-corrected chi connectivity index (χ4v) is 6.14. The van der Waals surface area contributed by atoms with Crippen LogP contribution in [0.5, 0.6) is 0 Å². The highest BCUT2D eigenvalue weighted by atomic mass is 16.5. The number of aliphatic hydroxyl groups is 1. The Morgan fingerprint density at radius 1 is 1.10 bits per heavy atom. The number of amides is 1. The molecule has 1 unspecified atom stereocenters. The first-order chi connectivity index (χ1) is 19.0. The molecule has 1 saturated heterocycles. The Labute approximate surface area is 230 Å². The molecule has 2 aliphatic rings. The van der Waals surface area contributed by atoms with Gasteiger partial charge in [-0.3, -0.25) is 9.59 Å². The summed E-state index contributed by atoms with van der Waals surface area (Å²) in [5.41, 5.74) is 1.83. The summed E-state index contributed by atoms with van der Waals surface area (Å²) in [5, 5.41) is 15.2. The van der Waals surface area contributed by atoms with E-state index in [0.717, 1.165) is 31.4 Å². The number of carbonyl (C=O) groups excluding carboxylic acids is 2. The van der Waals surface area contributed by atoms with E-state index in [0.29, 0.717) is 37.3 Å². The standard InChI is InChI=1S/C31H38N4O4/c1-2-39-27(36)20-31(38)16-10-9-15-26(31)35-22-33-28(29(35)24-13-7-4-8-14-24)30(37)34-18-17-32-21-25(34)19-23-11-5-3-6-12-23/h3-8,11-14,22,25-26,32,38H,2,9-10,15-21H2,1H3/t25-,26+,31?/m1/s1. The molecule has 1 amide bonds. The largest absolute Gasteiger partial charge is 0.466 e. The SMILES string of the molecule is CCOC(=O)CC1(O)CCCC[C@@H]1n1cnc(C(=O)N2CCNC[C@H]2Cc2ccccc2)c1-c1ccccc1. The van der Waals surface area contributed by atoms with Gasteiger partial charge in [0.1, 0.15) is 0 Å². The molecule has 1 saturated carbocycles. The van der Waals surface area contributed by atoms with Crippen molar-refractivity contribution in [1.82, 2.24) is 19.8 Å². The molecule has 2 N–H and O–H groups in total. The third-order valence-corrected chi connectivity index (χ3v) is 8.02. The molecule has 3 aromatic rings. The Morgan fingerprint density at radius 2 is 1.85 bits per heavy atom. The van der Waals surface area contributed by atoms with Crippen LogP contribution >= 0.6 is 0 Å². The Balaban J connectivity index is 1.52. The fraction of sp³-hybridized carbons (Fsp3) is 0.452. The van der Waals surface area contributed by atoms with Crippen LogP contribution in [0.4, 0.5) is 0 Å². The average Bonchev–Trinajstić information content (AvgIpc) is 3.39. The Hall–Kier alpha value is -3.49. The second kappa shape index (κ2) is 12.1. The Kier molecular flexibility index (Phi) is 8.43. The van der Waals surface area contributed by atoms with Crippen molar-refractivity contribution >= 4 is 11.9 Å². The molecule has 0 radical (unpaired) electrons. The lowest BCUT2D eigenvalue weighted by Crippen LogP contribution is -2.54. The van der Waals surface area contributed by atoms with Crippen molar-refractivity contribution in [3.63, 3.8) is 0 Å². The maximum absolute atomic E-state index is 14.2. The van der Waals surface area contributed by atoms with Crippen LogP contribution in [0.1, 0.15) is 61.1 Å². The van der Waals surface area contributed by atoms with Crippen LogP contribution in [0.15, 0.2) is 67.0 Å². The van der Waals surface area contributed by atoms with E-state index >= 15 is 0 Å². The summed E-state index contributed by atoms with van der Waals surface area (Å²) < 4.78 is 7.14. The van der Waals surface area contributed by atoms with Gasteiger partial charge in [0.2, 0.25) is 0 Å². The first-order valence-electron chi connectivity index (χ1n) is 14.1. The van der Waals surface area contributed by atoms with E-state index in [1.54, 1.807) is 13.3 Å². The zero-order chi connectivity index (χ0) is 27.2. The maximum Gasteiger partial charge on any atom is 0.308 e. The van der Waals surface area contributed by atoms with Crippen molar-refractivity contribution in [2.75, 3.05) is 26.2 Å². The molecular formula is C31H38N4O4. The maximum atomic E-state index is 14.2. The average molecular weight is 531 g/mol. The van der Waals surface area contributed by atoms with Crippen molar-refractivity contribution < 1.29 is 19.4 Å². The number of esters is 1. The lowest BCUT2D eigenvalue weighted by Gasteiger charge is -2.41. The molecule has 3 atom stereocenters. The topological polar surface area (TPSA) is 96.7 Å². The third-order valence-electron chi connectivity index (χ3n) is 8.02. The molecule has 206 valence electrons. The number of hydrogen-bond donors (Lipinski definition) is 2. The number of nitrogens with one attached hydrogen (secondary N) is 1. The molecule has 0 spiro atoms. The number of benzene rings is 2. The van der Waals surface area contributed by atoms with Gasteiger partial charge in [-0.05, 0) is 31.7 Å². The number of piperazine rings is 1. The van der Waals surface area contributed by atoms with E-state index in [2.05, 4.69) is 22.4 Å². The van der Waals surface area contributed by atoms with Crippen LogP contribution in [-0.4, -0.2) is 69.3 Å². The molecule has 1 aliphatic carbocycles. The Bertz CT molecular complexity index is 1260. The normalized spacial score (nSPS) is 23.4. The molecule has 39 heavy (non-hydrogen) atoms. The molecule has 2 aromatic carbocycles. The highest BCUT2D eigenvalue weighted by molar-refractivity contribution is 5.98. The van der Waals surface area contributed by atoms with Crippen molar-refractivity contribution in [2.24, 2.45) is 0 Å². The van der Waals surface area contributed by atoms with Gasteiger partial charge in [-0.2, -0.15) is 0 Å². The van der Waals surface area contributed by atoms with E-state index in [1.807, 2.05) is 58.0 Å². The number of ether oxygens (including phenoxy) is 1. The van der Waals surface area contributed by atoms with Gasteiger partial charge < -0.3 is 24.6 Å². The predicted molar refractivity (Wildman–Crippen MR) is 149 cm³/mol. The zero-order valence-electron chi connectivity index (χ0n) is 22.6. The second-order valence-corrected chi connectivity index (χ2v) is 10.6. The predicted octanol–water partition coefficient (Wildman–Crippen LogP) is 4.01. The first kappa shape index (κ1) is 27.1. The number of aromatic nitrogens is 2. The molecule has 8 heteroatoms. The number of imidazole rings is 1. The lowest BCUT2D eigenvalue weighted by atomic mass is 9.77. The van der Waals surface area contributed by atoms with Gasteiger partial charge >= 0.3 is 5.97 Å². The summed E-state index contributed by atoms with van der Waals surface area (Å²) in [6, 6.07) is 19.6. The van der Waals surface area contributed by atoms with Crippen LogP contribution in [0, 0.1) is 0 Å². The highest BCUT2D eigenvalue weighted by Crippen LogP contribution is 2.43. The van der Waals surface area contributed by atoms with Gasteiger partial charge in [-0.25, -0.2) is 4.98 Å². The van der Waals surface area contributed by atoms with E-state index in [-0.39, 0.29) is 25.0 Å². The van der Waals surface area contributed by atoms with Crippen LogP contribution in [0.25, 0.3) is 11.3 Å². The highest BCUT2D eigenvalue weighted by Gasteiger charge is 2.44. The van der Waals surface area contributed by atoms with E-state index in [9.17, 15) is 14.7 Å². The number of carbonyl (C=O) groups is 2. The van der Waals surface area contributed by atoms with Crippen molar-refractivity contribution in [3.05, 3.63) is 78.2 Å². The smallest absolute Gasteiger partial charge is 0.308 e. The van der Waals surface area contributed by atoms with Gasteiger partial charge in [0.25, 0.3) is 5.91 Å². The summed E-state index contributed by atoms with van der Waals surface area (Å²) >= 11 is 0. The first-order valence-corrected chi connectivity index (χ1v) is 14.1. The van der Waals surface area contributed by atoms with Gasteiger partial charge in [0, 0.05) is 31.2 Å². The fourth-order valence-electron chi connectivity index (χ4n) is 6.14. The molecule has 2 fully saturated rings. The van der Waals surface area contributed by atoms with Crippen LogP contribution in [0.2, 0.25) is 0 Å². The molecule has 8 nitrogen and oxygen atoms in total. The number of rotatable bonds is 8. The minimum Gasteiger partial charge on any atom is -0.466 e. The number of nitrogens with zero attached hydrogens (tertiary/aromatic N) is 3. The minimum absolute atomic E-state index is 0.00199. The van der Waals surface area contributed by atoms with Gasteiger partial charge in [0.05, 0.1) is 36.7 Å². The number of hydrogen-bond acceptors (Lipinski definition) is 6. The molecular weight excluding hydrogens is 492 g/mol.